The predicted octanol–water partition coefficient (Wildman–Crippen LogP) is 5.44. The van der Waals surface area contributed by atoms with Gasteiger partial charge in [-0.05, 0) is 55.2 Å². The van der Waals surface area contributed by atoms with Crippen molar-refractivity contribution in [3.63, 3.8) is 0 Å². The van der Waals surface area contributed by atoms with Crippen LogP contribution in [-0.4, -0.2) is 45.9 Å². The summed E-state index contributed by atoms with van der Waals surface area (Å²) in [6, 6.07) is 13.9. The fourth-order valence-corrected chi connectivity index (χ4v) is 4.67. The molecule has 1 heterocycles. The number of hydrogen-bond donors (Lipinski definition) is 1. The molecule has 0 aliphatic heterocycles. The predicted molar refractivity (Wildman–Crippen MR) is 146 cm³/mol. The lowest BCUT2D eigenvalue weighted by Gasteiger charge is -2.29. The van der Waals surface area contributed by atoms with Crippen molar-refractivity contribution in [1.82, 2.24) is 4.90 Å². The second-order valence-electron chi connectivity index (χ2n) is 9.09. The molecule has 1 aromatic heterocycles. The molecule has 0 spiro atoms. The van der Waals surface area contributed by atoms with E-state index in [0.717, 1.165) is 31.2 Å². The highest BCUT2D eigenvalue weighted by molar-refractivity contribution is 7.89. The van der Waals surface area contributed by atoms with Gasteiger partial charge in [0.15, 0.2) is 5.75 Å². The number of para-hydroxylation sites is 1. The first-order chi connectivity index (χ1) is 17.7. The SMILES string of the molecule is CCCCN(CCCC)c1cc(C(=O)N(C)CCc2ccoc2)cc(S(N)(=O)=O)c1Oc1ccccc1. The molecule has 0 fully saturated rings. The van der Waals surface area contributed by atoms with Crippen molar-refractivity contribution in [1.29, 1.82) is 0 Å². The third kappa shape index (κ3) is 7.84. The Balaban J connectivity index is 2.10. The summed E-state index contributed by atoms with van der Waals surface area (Å²) in [5.41, 5.74) is 1.76. The molecular formula is C28H37N3O5S. The fourth-order valence-electron chi connectivity index (χ4n) is 3.97. The first kappa shape index (κ1) is 28.3. The van der Waals surface area contributed by atoms with Crippen LogP contribution in [0, 0.1) is 0 Å². The average molecular weight is 528 g/mol. The second-order valence-corrected chi connectivity index (χ2v) is 10.6. The van der Waals surface area contributed by atoms with Crippen LogP contribution in [0.15, 0.2) is 70.4 Å². The van der Waals surface area contributed by atoms with Gasteiger partial charge in [-0.3, -0.25) is 4.79 Å². The Kier molecular flexibility index (Phi) is 10.2. The van der Waals surface area contributed by atoms with Gasteiger partial charge in [-0.25, -0.2) is 13.6 Å². The Morgan fingerprint density at radius 2 is 1.68 bits per heavy atom. The smallest absolute Gasteiger partial charge is 0.253 e. The standard InChI is InChI=1S/C28H37N3O5S/c1-4-6-15-31(16-7-5-2)25-19-23(28(32)30(3)17-13-22-14-18-35-21-22)20-26(37(29,33)34)27(25)36-24-11-9-8-10-12-24/h8-12,14,18-21H,4-7,13,15-17H2,1-3H3,(H2,29,33,34). The molecule has 2 N–H and O–H groups in total. The normalized spacial score (nSPS) is 11.4. The van der Waals surface area contributed by atoms with E-state index in [1.165, 1.54) is 6.07 Å². The minimum Gasteiger partial charge on any atom is -0.472 e. The lowest BCUT2D eigenvalue weighted by molar-refractivity contribution is 0.0796. The zero-order valence-electron chi connectivity index (χ0n) is 21.9. The molecule has 3 aromatic rings. The Labute approximate surface area is 220 Å². The van der Waals surface area contributed by atoms with E-state index in [9.17, 15) is 13.2 Å². The number of rotatable bonds is 14. The Hall–Kier alpha value is -3.30. The molecular weight excluding hydrogens is 490 g/mol. The number of nitrogens with zero attached hydrogens (tertiary/aromatic N) is 2. The molecule has 0 saturated heterocycles. The molecule has 2 aromatic carbocycles. The van der Waals surface area contributed by atoms with E-state index in [2.05, 4.69) is 18.7 Å². The van der Waals surface area contributed by atoms with Crippen LogP contribution in [-0.2, 0) is 16.4 Å². The molecule has 9 heteroatoms. The lowest BCUT2D eigenvalue weighted by Crippen LogP contribution is -2.31. The quantitative estimate of drug-likeness (QED) is 0.299. The van der Waals surface area contributed by atoms with Crippen LogP contribution in [0.1, 0.15) is 55.5 Å². The number of likely N-dealkylation sites (N-methyl/N-ethyl adjacent to an activating group) is 1. The molecule has 0 unspecified atom stereocenters. The van der Waals surface area contributed by atoms with Gasteiger partial charge in [-0.1, -0.05) is 44.9 Å². The highest BCUT2D eigenvalue weighted by atomic mass is 32.2. The molecule has 0 aliphatic rings. The van der Waals surface area contributed by atoms with Gasteiger partial charge >= 0.3 is 0 Å². The number of hydrogen-bond acceptors (Lipinski definition) is 6. The number of sulfonamides is 1. The Morgan fingerprint density at radius 1 is 1.00 bits per heavy atom. The summed E-state index contributed by atoms with van der Waals surface area (Å²) in [6.07, 6.45) is 7.59. The van der Waals surface area contributed by atoms with Gasteiger partial charge in [0.05, 0.1) is 18.2 Å². The number of nitrogens with two attached hydrogens (primary N) is 1. The van der Waals surface area contributed by atoms with Crippen molar-refractivity contribution >= 4 is 21.6 Å². The van der Waals surface area contributed by atoms with E-state index in [4.69, 9.17) is 14.3 Å². The number of ether oxygens (including phenoxy) is 1. The fraction of sp³-hybridized carbons (Fsp3) is 0.393. The monoisotopic (exact) mass is 527 g/mol. The zero-order chi connectivity index (χ0) is 26.8. The molecule has 3 rings (SSSR count). The topological polar surface area (TPSA) is 106 Å². The van der Waals surface area contributed by atoms with Gasteiger partial charge in [0, 0.05) is 32.2 Å². The van der Waals surface area contributed by atoms with Crippen LogP contribution >= 0.6 is 0 Å². The van der Waals surface area contributed by atoms with Crippen LogP contribution < -0.4 is 14.8 Å². The number of unbranched alkanes of at least 4 members (excludes halogenated alkanes) is 2. The van der Waals surface area contributed by atoms with Crippen LogP contribution in [0.4, 0.5) is 5.69 Å². The van der Waals surface area contributed by atoms with Crippen LogP contribution in [0.3, 0.4) is 0 Å². The third-order valence-electron chi connectivity index (χ3n) is 6.12. The maximum atomic E-state index is 13.5. The second kappa shape index (κ2) is 13.3. The molecule has 0 aliphatic carbocycles. The zero-order valence-corrected chi connectivity index (χ0v) is 22.7. The number of primary sulfonamides is 1. The summed E-state index contributed by atoms with van der Waals surface area (Å²) >= 11 is 0. The van der Waals surface area contributed by atoms with Crippen molar-refractivity contribution in [3.05, 3.63) is 72.2 Å². The maximum Gasteiger partial charge on any atom is 0.253 e. The van der Waals surface area contributed by atoms with E-state index in [-0.39, 0.29) is 22.1 Å². The van der Waals surface area contributed by atoms with Crippen molar-refractivity contribution in [2.24, 2.45) is 5.14 Å². The molecule has 37 heavy (non-hydrogen) atoms. The highest BCUT2D eigenvalue weighted by Gasteiger charge is 2.27. The van der Waals surface area contributed by atoms with Crippen molar-refractivity contribution in [2.45, 2.75) is 50.8 Å². The van der Waals surface area contributed by atoms with Gasteiger partial charge in [0.1, 0.15) is 10.6 Å². The van der Waals surface area contributed by atoms with E-state index in [1.54, 1.807) is 42.7 Å². The molecule has 0 radical (unpaired) electrons. The summed E-state index contributed by atoms with van der Waals surface area (Å²) in [6.45, 7) is 6.03. The molecule has 0 bridgehead atoms. The van der Waals surface area contributed by atoms with Crippen molar-refractivity contribution < 1.29 is 22.4 Å². The summed E-state index contributed by atoms with van der Waals surface area (Å²) < 4.78 is 36.9. The van der Waals surface area contributed by atoms with E-state index in [0.29, 0.717) is 37.5 Å². The number of carbonyl (C=O) groups excluding carboxylic acids is 1. The number of carbonyl (C=O) groups is 1. The molecule has 0 saturated carbocycles. The number of anilines is 1. The van der Waals surface area contributed by atoms with E-state index in [1.807, 2.05) is 24.3 Å². The largest absolute Gasteiger partial charge is 0.472 e. The van der Waals surface area contributed by atoms with Crippen LogP contribution in [0.25, 0.3) is 0 Å². The van der Waals surface area contributed by atoms with Gasteiger partial charge in [-0.15, -0.1) is 0 Å². The maximum absolute atomic E-state index is 13.5. The number of amides is 1. The molecule has 8 nitrogen and oxygen atoms in total. The third-order valence-corrected chi connectivity index (χ3v) is 7.03. The summed E-state index contributed by atoms with van der Waals surface area (Å²) in [5.74, 6) is 0.321. The molecule has 200 valence electrons. The van der Waals surface area contributed by atoms with Crippen molar-refractivity contribution in [2.75, 3.05) is 31.6 Å². The van der Waals surface area contributed by atoms with Crippen LogP contribution in [0.5, 0.6) is 11.5 Å². The Morgan fingerprint density at radius 3 is 2.24 bits per heavy atom. The summed E-state index contributed by atoms with van der Waals surface area (Å²) in [5, 5.41) is 5.69. The van der Waals surface area contributed by atoms with Gasteiger partial charge in [0.25, 0.3) is 5.91 Å². The minimum atomic E-state index is -4.21. The summed E-state index contributed by atoms with van der Waals surface area (Å²) in [7, 11) is -2.52. The lowest BCUT2D eigenvalue weighted by atomic mass is 10.1. The Bertz CT molecular complexity index is 1240. The molecule has 0 atom stereocenters. The first-order valence-electron chi connectivity index (χ1n) is 12.7. The minimum absolute atomic E-state index is 0.138. The van der Waals surface area contributed by atoms with E-state index >= 15 is 0 Å². The van der Waals surface area contributed by atoms with Gasteiger partial charge in [0.2, 0.25) is 10.0 Å². The van der Waals surface area contributed by atoms with Gasteiger partial charge in [-0.2, -0.15) is 0 Å². The van der Waals surface area contributed by atoms with E-state index < -0.39 is 10.0 Å². The highest BCUT2D eigenvalue weighted by Crippen LogP contribution is 2.40. The molecule has 1 amide bonds. The number of furan rings is 1. The van der Waals surface area contributed by atoms with Gasteiger partial charge < -0.3 is 19.0 Å². The summed E-state index contributed by atoms with van der Waals surface area (Å²) in [4.78, 5) is 16.9. The average Bonchev–Trinajstić information content (AvgIpc) is 3.41. The van der Waals surface area contributed by atoms with Crippen LogP contribution in [0.2, 0.25) is 0 Å². The first-order valence-corrected chi connectivity index (χ1v) is 14.2. The van der Waals surface area contributed by atoms with Crippen molar-refractivity contribution in [3.8, 4) is 11.5 Å². The number of benzene rings is 2.